The number of unbranched alkanes of at least 4 members (excludes halogenated alkanes) is 1. The van der Waals surface area contributed by atoms with Gasteiger partial charge in [0.2, 0.25) is 0 Å². The summed E-state index contributed by atoms with van der Waals surface area (Å²) in [5.74, 6) is -0.327. The van der Waals surface area contributed by atoms with Gasteiger partial charge in [-0.1, -0.05) is 48.5 Å². The van der Waals surface area contributed by atoms with Gasteiger partial charge in [-0.2, -0.15) is 13.2 Å². The van der Waals surface area contributed by atoms with Crippen molar-refractivity contribution in [3.8, 4) is 28.0 Å². The maximum absolute atomic E-state index is 12.1. The van der Waals surface area contributed by atoms with Crippen molar-refractivity contribution < 1.29 is 27.8 Å². The van der Waals surface area contributed by atoms with Gasteiger partial charge in [-0.15, -0.1) is 0 Å². The average molecular weight is 414 g/mol. The van der Waals surface area contributed by atoms with Crippen molar-refractivity contribution in [2.24, 2.45) is 0 Å². The molecule has 1 N–H and O–H groups in total. The van der Waals surface area contributed by atoms with E-state index in [9.17, 15) is 18.0 Å². The smallest absolute Gasteiger partial charge is 0.389 e. The summed E-state index contributed by atoms with van der Waals surface area (Å²) in [4.78, 5) is 10.9. The van der Waals surface area contributed by atoms with Crippen LogP contribution in [0, 0.1) is 0 Å². The van der Waals surface area contributed by atoms with E-state index in [-0.39, 0.29) is 18.6 Å². The molecule has 0 aliphatic rings. The maximum atomic E-state index is 12.1. The zero-order valence-electron chi connectivity index (χ0n) is 16.2. The van der Waals surface area contributed by atoms with Gasteiger partial charge in [-0.3, -0.25) is 0 Å². The van der Waals surface area contributed by atoms with E-state index < -0.39 is 18.6 Å². The molecule has 0 radical (unpaired) electrons. The number of carboxylic acid groups (broad SMARTS) is 1. The second kappa shape index (κ2) is 9.48. The molecular formula is C24H21F3O3. The van der Waals surface area contributed by atoms with Gasteiger partial charge >= 0.3 is 12.1 Å². The second-order valence-electron chi connectivity index (χ2n) is 6.90. The van der Waals surface area contributed by atoms with Crippen LogP contribution in [0.3, 0.4) is 0 Å². The standard InChI is InChI=1S/C24H21F3O3/c25-24(26,27)15-1-2-16-30-22-13-11-20(12-14-22)18-5-3-17(4-6-18)19-7-9-21(10-8-19)23(28)29/h3-14H,1-2,15-16H2,(H,28,29). The van der Waals surface area contributed by atoms with Gasteiger partial charge < -0.3 is 9.84 Å². The lowest BCUT2D eigenvalue weighted by Crippen LogP contribution is -2.07. The largest absolute Gasteiger partial charge is 0.494 e. The second-order valence-corrected chi connectivity index (χ2v) is 6.90. The third kappa shape index (κ3) is 6.11. The van der Waals surface area contributed by atoms with Crippen LogP contribution in [0.4, 0.5) is 13.2 Å². The average Bonchev–Trinajstić information content (AvgIpc) is 2.73. The Morgan fingerprint density at radius 2 is 1.17 bits per heavy atom. The summed E-state index contributed by atoms with van der Waals surface area (Å²) in [6.07, 6.45) is -4.47. The molecule has 0 aliphatic carbocycles. The monoisotopic (exact) mass is 414 g/mol. The molecule has 3 rings (SSSR count). The fourth-order valence-corrected chi connectivity index (χ4v) is 3.02. The molecule has 0 aliphatic heterocycles. The SMILES string of the molecule is O=C(O)c1ccc(-c2ccc(-c3ccc(OCCCCC(F)(F)F)cc3)cc2)cc1. The van der Waals surface area contributed by atoms with Crippen LogP contribution in [0.5, 0.6) is 5.75 Å². The topological polar surface area (TPSA) is 46.5 Å². The minimum atomic E-state index is -4.11. The van der Waals surface area contributed by atoms with Crippen molar-refractivity contribution in [1.82, 2.24) is 0 Å². The van der Waals surface area contributed by atoms with Crippen LogP contribution in [0.15, 0.2) is 72.8 Å². The van der Waals surface area contributed by atoms with Gasteiger partial charge in [0.25, 0.3) is 0 Å². The molecule has 3 aromatic carbocycles. The molecule has 6 heteroatoms. The summed E-state index contributed by atoms with van der Waals surface area (Å²) in [5.41, 5.74) is 4.16. The third-order valence-corrected chi connectivity index (χ3v) is 4.66. The lowest BCUT2D eigenvalue weighted by Gasteiger charge is -2.09. The van der Waals surface area contributed by atoms with Crippen molar-refractivity contribution in [1.29, 1.82) is 0 Å². The van der Waals surface area contributed by atoms with Crippen LogP contribution in [-0.2, 0) is 0 Å². The number of carboxylic acids is 1. The minimum absolute atomic E-state index is 0.0625. The molecule has 3 aromatic rings. The summed E-state index contributed by atoms with van der Waals surface area (Å²) < 4.78 is 41.9. The molecule has 0 atom stereocenters. The molecular weight excluding hydrogens is 393 g/mol. The molecule has 0 spiro atoms. The Hall–Kier alpha value is -3.28. The van der Waals surface area contributed by atoms with Crippen molar-refractivity contribution in [2.45, 2.75) is 25.4 Å². The van der Waals surface area contributed by atoms with E-state index >= 15 is 0 Å². The Morgan fingerprint density at radius 1 is 0.733 bits per heavy atom. The first kappa shape index (κ1) is 21.4. The number of ether oxygens (including phenoxy) is 1. The molecule has 3 nitrogen and oxygen atoms in total. The predicted molar refractivity (Wildman–Crippen MR) is 110 cm³/mol. The van der Waals surface area contributed by atoms with Crippen molar-refractivity contribution in [2.75, 3.05) is 6.61 Å². The Bertz CT molecular complexity index is 961. The van der Waals surface area contributed by atoms with E-state index in [4.69, 9.17) is 9.84 Å². The Kier molecular flexibility index (Phi) is 6.77. The van der Waals surface area contributed by atoms with Crippen molar-refractivity contribution >= 4 is 5.97 Å². The van der Waals surface area contributed by atoms with Crippen molar-refractivity contribution in [3.05, 3.63) is 78.4 Å². The zero-order valence-corrected chi connectivity index (χ0v) is 16.2. The minimum Gasteiger partial charge on any atom is -0.494 e. The van der Waals surface area contributed by atoms with E-state index in [2.05, 4.69) is 0 Å². The first-order valence-electron chi connectivity index (χ1n) is 9.56. The fraction of sp³-hybridized carbons (Fsp3) is 0.208. The number of hydrogen-bond donors (Lipinski definition) is 1. The summed E-state index contributed by atoms with van der Waals surface area (Å²) in [6, 6.07) is 22.0. The molecule has 0 heterocycles. The molecule has 0 saturated heterocycles. The molecule has 156 valence electrons. The molecule has 30 heavy (non-hydrogen) atoms. The van der Waals surface area contributed by atoms with Crippen LogP contribution < -0.4 is 4.74 Å². The number of alkyl halides is 3. The van der Waals surface area contributed by atoms with Crippen LogP contribution in [0.2, 0.25) is 0 Å². The first-order valence-corrected chi connectivity index (χ1v) is 9.56. The highest BCUT2D eigenvalue weighted by Gasteiger charge is 2.25. The van der Waals surface area contributed by atoms with Crippen LogP contribution in [0.1, 0.15) is 29.6 Å². The van der Waals surface area contributed by atoms with Crippen molar-refractivity contribution in [3.63, 3.8) is 0 Å². The molecule has 0 unspecified atom stereocenters. The van der Waals surface area contributed by atoms with E-state index in [0.717, 1.165) is 22.3 Å². The van der Waals surface area contributed by atoms with Gasteiger partial charge in [-0.05, 0) is 59.4 Å². The summed E-state index contributed by atoms with van der Waals surface area (Å²) in [5, 5.41) is 8.98. The quantitative estimate of drug-likeness (QED) is 0.411. The molecule has 0 saturated carbocycles. The first-order chi connectivity index (χ1) is 14.3. The number of hydrogen-bond acceptors (Lipinski definition) is 2. The maximum Gasteiger partial charge on any atom is 0.389 e. The van der Waals surface area contributed by atoms with E-state index in [0.29, 0.717) is 12.2 Å². The highest BCUT2D eigenvalue weighted by Crippen LogP contribution is 2.27. The van der Waals surface area contributed by atoms with Gasteiger partial charge in [0, 0.05) is 6.42 Å². The summed E-state index contributed by atoms with van der Waals surface area (Å²) in [7, 11) is 0. The zero-order chi connectivity index (χ0) is 21.6. The molecule has 0 fully saturated rings. The normalized spacial score (nSPS) is 11.3. The van der Waals surface area contributed by atoms with E-state index in [1.807, 2.05) is 36.4 Å². The van der Waals surface area contributed by atoms with E-state index in [1.54, 1.807) is 36.4 Å². The lowest BCUT2D eigenvalue weighted by atomic mass is 9.99. The van der Waals surface area contributed by atoms with E-state index in [1.165, 1.54) is 0 Å². The Balaban J connectivity index is 1.56. The van der Waals surface area contributed by atoms with Crippen LogP contribution in [-0.4, -0.2) is 23.9 Å². The highest BCUT2D eigenvalue weighted by molar-refractivity contribution is 5.88. The third-order valence-electron chi connectivity index (χ3n) is 4.66. The summed E-state index contributed by atoms with van der Waals surface area (Å²) >= 11 is 0. The summed E-state index contributed by atoms with van der Waals surface area (Å²) in [6.45, 7) is 0.255. The number of rotatable bonds is 8. The number of benzene rings is 3. The van der Waals surface area contributed by atoms with Gasteiger partial charge in [0.1, 0.15) is 5.75 Å². The van der Waals surface area contributed by atoms with Gasteiger partial charge in [0.15, 0.2) is 0 Å². The predicted octanol–water partition coefficient (Wildman–Crippen LogP) is 6.83. The lowest BCUT2D eigenvalue weighted by molar-refractivity contribution is -0.135. The molecule has 0 aromatic heterocycles. The number of aromatic carboxylic acids is 1. The fourth-order valence-electron chi connectivity index (χ4n) is 3.02. The van der Waals surface area contributed by atoms with Crippen LogP contribution >= 0.6 is 0 Å². The Labute approximate surface area is 172 Å². The number of halogens is 3. The molecule has 0 amide bonds. The molecule has 0 bridgehead atoms. The Morgan fingerprint density at radius 3 is 1.60 bits per heavy atom. The highest BCUT2D eigenvalue weighted by atomic mass is 19.4. The van der Waals surface area contributed by atoms with Crippen LogP contribution in [0.25, 0.3) is 22.3 Å². The van der Waals surface area contributed by atoms with Gasteiger partial charge in [0.05, 0.1) is 12.2 Å². The van der Waals surface area contributed by atoms with Gasteiger partial charge in [-0.25, -0.2) is 4.79 Å². The number of carbonyl (C=O) groups is 1.